The number of hydrogen-bond acceptors (Lipinski definition) is 5. The third-order valence-corrected chi connectivity index (χ3v) is 5.73. The highest BCUT2D eigenvalue weighted by Crippen LogP contribution is 2.29. The molecule has 2 amide bonds. The van der Waals surface area contributed by atoms with Crippen LogP contribution >= 0.6 is 11.3 Å². The average Bonchev–Trinajstić information content (AvgIpc) is 3.09. The summed E-state index contributed by atoms with van der Waals surface area (Å²) in [5.74, 6) is -0.0929. The maximum absolute atomic E-state index is 12.6. The van der Waals surface area contributed by atoms with Gasteiger partial charge in [0.2, 0.25) is 5.91 Å². The van der Waals surface area contributed by atoms with E-state index in [1.807, 2.05) is 42.5 Å². The molecule has 0 aliphatic carbocycles. The predicted octanol–water partition coefficient (Wildman–Crippen LogP) is 3.99. The molecule has 0 bridgehead atoms. The fourth-order valence-electron chi connectivity index (χ4n) is 3.40. The Morgan fingerprint density at radius 3 is 2.89 bits per heavy atom. The SMILES string of the molecule is CCOC(=O)N1CCc2nc(NC(=O)Cc3cccc4ccccc34)sc2C1. The lowest BCUT2D eigenvalue weighted by Gasteiger charge is -2.24. The molecule has 0 radical (unpaired) electrons. The van der Waals surface area contributed by atoms with E-state index in [1.165, 1.54) is 11.3 Å². The highest BCUT2D eigenvalue weighted by atomic mass is 32.1. The van der Waals surface area contributed by atoms with Crippen molar-refractivity contribution < 1.29 is 14.3 Å². The van der Waals surface area contributed by atoms with Crippen LogP contribution in [0.1, 0.15) is 23.1 Å². The lowest BCUT2D eigenvalue weighted by molar-refractivity contribution is -0.115. The smallest absolute Gasteiger partial charge is 0.410 e. The second-order valence-electron chi connectivity index (χ2n) is 6.62. The molecule has 3 aromatic rings. The minimum Gasteiger partial charge on any atom is -0.450 e. The number of carbonyl (C=O) groups excluding carboxylic acids is 2. The number of amides is 2. The van der Waals surface area contributed by atoms with Crippen LogP contribution in [0.5, 0.6) is 0 Å². The molecule has 0 atom stereocenters. The number of benzene rings is 2. The Morgan fingerprint density at radius 1 is 1.21 bits per heavy atom. The molecule has 1 N–H and O–H groups in total. The van der Waals surface area contributed by atoms with Crippen molar-refractivity contribution in [3.63, 3.8) is 0 Å². The number of nitrogens with zero attached hydrogens (tertiary/aromatic N) is 2. The summed E-state index contributed by atoms with van der Waals surface area (Å²) < 4.78 is 5.07. The zero-order valence-electron chi connectivity index (χ0n) is 15.6. The summed E-state index contributed by atoms with van der Waals surface area (Å²) in [6, 6.07) is 14.0. The van der Waals surface area contributed by atoms with E-state index >= 15 is 0 Å². The van der Waals surface area contributed by atoms with Gasteiger partial charge in [-0.15, -0.1) is 0 Å². The van der Waals surface area contributed by atoms with Gasteiger partial charge >= 0.3 is 6.09 Å². The molecule has 2 heterocycles. The molecule has 7 heteroatoms. The van der Waals surface area contributed by atoms with E-state index in [1.54, 1.807) is 11.8 Å². The fraction of sp³-hybridized carbons (Fsp3) is 0.286. The van der Waals surface area contributed by atoms with Crippen molar-refractivity contribution in [2.45, 2.75) is 26.3 Å². The van der Waals surface area contributed by atoms with Gasteiger partial charge in [0.25, 0.3) is 0 Å². The second kappa shape index (κ2) is 7.98. The highest BCUT2D eigenvalue weighted by Gasteiger charge is 2.25. The zero-order chi connectivity index (χ0) is 19.5. The molecule has 1 aliphatic rings. The van der Waals surface area contributed by atoms with E-state index in [-0.39, 0.29) is 12.0 Å². The standard InChI is InChI=1S/C21H21N3O3S/c1-2-27-21(26)24-11-10-17-18(13-24)28-20(22-17)23-19(25)12-15-8-5-7-14-6-3-4-9-16(14)15/h3-9H,2,10-13H2,1H3,(H,22,23,25). The van der Waals surface area contributed by atoms with Gasteiger partial charge < -0.3 is 15.0 Å². The van der Waals surface area contributed by atoms with E-state index < -0.39 is 0 Å². The minimum atomic E-state index is -0.303. The van der Waals surface area contributed by atoms with E-state index in [9.17, 15) is 9.59 Å². The summed E-state index contributed by atoms with van der Waals surface area (Å²) in [7, 11) is 0. The molecule has 144 valence electrons. The summed E-state index contributed by atoms with van der Waals surface area (Å²) in [6.07, 6.45) is 0.660. The molecule has 28 heavy (non-hydrogen) atoms. The van der Waals surface area contributed by atoms with E-state index in [2.05, 4.69) is 10.3 Å². The normalized spacial score (nSPS) is 13.2. The minimum absolute atomic E-state index is 0.0929. The van der Waals surface area contributed by atoms with Crippen LogP contribution in [-0.2, 0) is 28.9 Å². The van der Waals surface area contributed by atoms with Crippen LogP contribution in [0.15, 0.2) is 42.5 Å². The summed E-state index contributed by atoms with van der Waals surface area (Å²) in [5, 5.41) is 5.71. The Hall–Kier alpha value is -2.93. The van der Waals surface area contributed by atoms with Crippen molar-refractivity contribution in [3.8, 4) is 0 Å². The van der Waals surface area contributed by atoms with Crippen LogP contribution in [0.25, 0.3) is 10.8 Å². The molecule has 0 fully saturated rings. The monoisotopic (exact) mass is 395 g/mol. The maximum Gasteiger partial charge on any atom is 0.410 e. The third kappa shape index (κ3) is 3.84. The lowest BCUT2D eigenvalue weighted by Crippen LogP contribution is -2.35. The first kappa shape index (κ1) is 18.4. The van der Waals surface area contributed by atoms with Gasteiger partial charge in [-0.2, -0.15) is 0 Å². The van der Waals surface area contributed by atoms with Gasteiger partial charge in [0, 0.05) is 17.8 Å². The molecule has 0 spiro atoms. The number of fused-ring (bicyclic) bond motifs is 2. The number of carbonyl (C=O) groups is 2. The molecule has 1 aromatic heterocycles. The largest absolute Gasteiger partial charge is 0.450 e. The summed E-state index contributed by atoms with van der Waals surface area (Å²) >= 11 is 1.42. The number of ether oxygens (including phenoxy) is 1. The van der Waals surface area contributed by atoms with Crippen LogP contribution < -0.4 is 5.32 Å². The number of anilines is 1. The molecule has 0 saturated carbocycles. The van der Waals surface area contributed by atoms with Crippen molar-refractivity contribution >= 4 is 39.2 Å². The molecule has 0 saturated heterocycles. The number of thiazole rings is 1. The molecular weight excluding hydrogens is 374 g/mol. The van der Waals surface area contributed by atoms with Crippen molar-refractivity contribution in [2.75, 3.05) is 18.5 Å². The molecule has 2 aromatic carbocycles. The summed E-state index contributed by atoms with van der Waals surface area (Å²) in [6.45, 7) is 3.22. The number of rotatable bonds is 4. The Labute approximate surface area is 167 Å². The quantitative estimate of drug-likeness (QED) is 0.725. The summed E-state index contributed by atoms with van der Waals surface area (Å²) in [4.78, 5) is 31.7. The van der Waals surface area contributed by atoms with Crippen LogP contribution in [0.3, 0.4) is 0 Å². The van der Waals surface area contributed by atoms with Gasteiger partial charge in [-0.05, 0) is 23.3 Å². The number of aromatic nitrogens is 1. The topological polar surface area (TPSA) is 71.5 Å². The molecule has 1 aliphatic heterocycles. The average molecular weight is 395 g/mol. The van der Waals surface area contributed by atoms with Crippen LogP contribution in [0.4, 0.5) is 9.93 Å². The summed E-state index contributed by atoms with van der Waals surface area (Å²) in [5.41, 5.74) is 1.94. The van der Waals surface area contributed by atoms with Gasteiger partial charge in [-0.1, -0.05) is 53.8 Å². The van der Waals surface area contributed by atoms with Crippen molar-refractivity contribution in [1.82, 2.24) is 9.88 Å². The molecule has 0 unspecified atom stereocenters. The van der Waals surface area contributed by atoms with E-state index in [4.69, 9.17) is 4.74 Å². The Bertz CT molecular complexity index is 1030. The molecule has 4 rings (SSSR count). The van der Waals surface area contributed by atoms with E-state index in [0.29, 0.717) is 37.7 Å². The Balaban J connectivity index is 1.44. The van der Waals surface area contributed by atoms with Crippen molar-refractivity contribution in [1.29, 1.82) is 0 Å². The Morgan fingerprint density at radius 2 is 2.04 bits per heavy atom. The van der Waals surface area contributed by atoms with Gasteiger partial charge in [0.1, 0.15) is 0 Å². The third-order valence-electron chi connectivity index (χ3n) is 4.73. The number of nitrogens with one attached hydrogen (secondary N) is 1. The maximum atomic E-state index is 12.6. The highest BCUT2D eigenvalue weighted by molar-refractivity contribution is 7.15. The first-order valence-electron chi connectivity index (χ1n) is 9.31. The van der Waals surface area contributed by atoms with Crippen molar-refractivity contribution in [3.05, 3.63) is 58.6 Å². The lowest BCUT2D eigenvalue weighted by atomic mass is 10.0. The van der Waals surface area contributed by atoms with Gasteiger partial charge in [-0.3, -0.25) is 4.79 Å². The van der Waals surface area contributed by atoms with Crippen molar-refractivity contribution in [2.24, 2.45) is 0 Å². The Kier molecular flexibility index (Phi) is 5.25. The molecular formula is C21H21N3O3S. The van der Waals surface area contributed by atoms with Crippen LogP contribution in [0.2, 0.25) is 0 Å². The van der Waals surface area contributed by atoms with Gasteiger partial charge in [-0.25, -0.2) is 9.78 Å². The first-order chi connectivity index (χ1) is 13.6. The first-order valence-corrected chi connectivity index (χ1v) is 10.1. The zero-order valence-corrected chi connectivity index (χ0v) is 16.4. The second-order valence-corrected chi connectivity index (χ2v) is 7.71. The number of hydrogen-bond donors (Lipinski definition) is 1. The van der Waals surface area contributed by atoms with Crippen LogP contribution in [-0.4, -0.2) is 35.0 Å². The van der Waals surface area contributed by atoms with Crippen LogP contribution in [0, 0.1) is 0 Å². The molecule has 6 nitrogen and oxygen atoms in total. The fourth-order valence-corrected chi connectivity index (χ4v) is 4.44. The van der Waals surface area contributed by atoms with Gasteiger partial charge in [0.05, 0.1) is 25.3 Å². The van der Waals surface area contributed by atoms with Gasteiger partial charge in [0.15, 0.2) is 5.13 Å². The predicted molar refractivity (Wildman–Crippen MR) is 110 cm³/mol. The van der Waals surface area contributed by atoms with E-state index in [0.717, 1.165) is 26.9 Å².